The van der Waals surface area contributed by atoms with Crippen LogP contribution in [0.15, 0.2) is 0 Å². The first-order chi connectivity index (χ1) is 6.84. The van der Waals surface area contributed by atoms with Crippen LogP contribution in [0.25, 0.3) is 0 Å². The molecular formula is C12H26N2. The smallest absolute Gasteiger partial charge is 0.00670 e. The summed E-state index contributed by atoms with van der Waals surface area (Å²) in [5, 5.41) is 3.60. The number of nitrogens with one attached hydrogen (secondary N) is 1. The molecule has 84 valence electrons. The van der Waals surface area contributed by atoms with Crippen LogP contribution in [0.4, 0.5) is 0 Å². The summed E-state index contributed by atoms with van der Waals surface area (Å²) in [6.45, 7) is 4.24. The van der Waals surface area contributed by atoms with Crippen molar-refractivity contribution in [1.29, 1.82) is 0 Å². The lowest BCUT2D eigenvalue weighted by atomic mass is 9.93. The summed E-state index contributed by atoms with van der Waals surface area (Å²) in [6, 6.07) is 0.694. The lowest BCUT2D eigenvalue weighted by Crippen LogP contribution is -2.34. The lowest BCUT2D eigenvalue weighted by molar-refractivity contribution is 0.338. The van der Waals surface area contributed by atoms with E-state index in [0.29, 0.717) is 6.04 Å². The van der Waals surface area contributed by atoms with Crippen molar-refractivity contribution in [2.45, 2.75) is 57.9 Å². The van der Waals surface area contributed by atoms with Crippen LogP contribution in [0.3, 0.4) is 0 Å². The average Bonchev–Trinajstić information content (AvgIpc) is 2.46. The Hall–Kier alpha value is -0.0800. The van der Waals surface area contributed by atoms with E-state index >= 15 is 0 Å². The molecule has 0 bridgehead atoms. The molecule has 0 heterocycles. The van der Waals surface area contributed by atoms with Gasteiger partial charge in [0.05, 0.1) is 0 Å². The van der Waals surface area contributed by atoms with Crippen molar-refractivity contribution in [3.63, 3.8) is 0 Å². The second-order valence-corrected chi connectivity index (χ2v) is 4.64. The number of rotatable bonds is 5. The SMILES string of the molecule is C[C@@H](NCCCN)C1CCCCCC1. The quantitative estimate of drug-likeness (QED) is 0.525. The molecule has 0 aromatic carbocycles. The minimum atomic E-state index is 0.694. The van der Waals surface area contributed by atoms with Gasteiger partial charge in [-0.15, -0.1) is 0 Å². The Bertz CT molecular complexity index is 128. The van der Waals surface area contributed by atoms with E-state index in [2.05, 4.69) is 12.2 Å². The molecule has 0 aromatic heterocycles. The van der Waals surface area contributed by atoms with Crippen molar-refractivity contribution >= 4 is 0 Å². The zero-order valence-electron chi connectivity index (χ0n) is 9.60. The molecule has 1 atom stereocenters. The highest BCUT2D eigenvalue weighted by Crippen LogP contribution is 2.25. The Morgan fingerprint density at radius 2 is 1.86 bits per heavy atom. The molecule has 2 heteroatoms. The van der Waals surface area contributed by atoms with Gasteiger partial charge < -0.3 is 11.1 Å². The van der Waals surface area contributed by atoms with Crippen molar-refractivity contribution < 1.29 is 0 Å². The van der Waals surface area contributed by atoms with E-state index < -0.39 is 0 Å². The number of hydrogen-bond acceptors (Lipinski definition) is 2. The molecule has 0 spiro atoms. The monoisotopic (exact) mass is 198 g/mol. The topological polar surface area (TPSA) is 38.0 Å². The molecule has 2 nitrogen and oxygen atoms in total. The van der Waals surface area contributed by atoms with Crippen molar-refractivity contribution in [3.8, 4) is 0 Å². The third kappa shape index (κ3) is 4.43. The summed E-state index contributed by atoms with van der Waals surface area (Å²) in [7, 11) is 0. The molecule has 0 radical (unpaired) electrons. The summed E-state index contributed by atoms with van der Waals surface area (Å²) < 4.78 is 0. The maximum Gasteiger partial charge on any atom is 0.00670 e. The van der Waals surface area contributed by atoms with Gasteiger partial charge in [0, 0.05) is 6.04 Å². The van der Waals surface area contributed by atoms with Gasteiger partial charge in [-0.1, -0.05) is 25.7 Å². The van der Waals surface area contributed by atoms with E-state index in [9.17, 15) is 0 Å². The van der Waals surface area contributed by atoms with Crippen molar-refractivity contribution in [1.82, 2.24) is 5.32 Å². The van der Waals surface area contributed by atoms with Crippen molar-refractivity contribution in [2.24, 2.45) is 11.7 Å². The normalized spacial score (nSPS) is 21.9. The molecular weight excluding hydrogens is 172 g/mol. The summed E-state index contributed by atoms with van der Waals surface area (Å²) in [4.78, 5) is 0. The maximum atomic E-state index is 5.48. The van der Waals surface area contributed by atoms with Crippen LogP contribution in [-0.2, 0) is 0 Å². The van der Waals surface area contributed by atoms with Crippen LogP contribution in [0, 0.1) is 5.92 Å². The Morgan fingerprint density at radius 1 is 1.21 bits per heavy atom. The Labute approximate surface area is 88.6 Å². The second-order valence-electron chi connectivity index (χ2n) is 4.64. The lowest BCUT2D eigenvalue weighted by Gasteiger charge is -2.23. The molecule has 1 saturated carbocycles. The van der Waals surface area contributed by atoms with Crippen LogP contribution in [-0.4, -0.2) is 19.1 Å². The molecule has 0 saturated heterocycles. The zero-order valence-corrected chi connectivity index (χ0v) is 9.60. The third-order valence-corrected chi connectivity index (χ3v) is 3.45. The fraction of sp³-hybridized carbons (Fsp3) is 1.00. The van der Waals surface area contributed by atoms with Crippen LogP contribution < -0.4 is 11.1 Å². The van der Waals surface area contributed by atoms with E-state index in [4.69, 9.17) is 5.73 Å². The second kappa shape index (κ2) is 7.24. The van der Waals surface area contributed by atoms with Crippen molar-refractivity contribution in [3.05, 3.63) is 0 Å². The van der Waals surface area contributed by atoms with Gasteiger partial charge in [0.15, 0.2) is 0 Å². The van der Waals surface area contributed by atoms with Gasteiger partial charge in [0.25, 0.3) is 0 Å². The third-order valence-electron chi connectivity index (χ3n) is 3.45. The molecule has 0 amide bonds. The van der Waals surface area contributed by atoms with Gasteiger partial charge in [-0.3, -0.25) is 0 Å². The first kappa shape index (κ1) is 12.0. The summed E-state index contributed by atoms with van der Waals surface area (Å²) in [5.74, 6) is 0.912. The highest BCUT2D eigenvalue weighted by molar-refractivity contribution is 4.74. The van der Waals surface area contributed by atoms with Gasteiger partial charge in [-0.25, -0.2) is 0 Å². The predicted molar refractivity (Wildman–Crippen MR) is 62.3 cm³/mol. The average molecular weight is 198 g/mol. The van der Waals surface area contributed by atoms with E-state index in [1.54, 1.807) is 0 Å². The highest BCUT2D eigenvalue weighted by Gasteiger charge is 2.17. The molecule has 3 N–H and O–H groups in total. The van der Waals surface area contributed by atoms with Crippen LogP contribution in [0.5, 0.6) is 0 Å². The molecule has 1 aliphatic rings. The van der Waals surface area contributed by atoms with Gasteiger partial charge in [0.2, 0.25) is 0 Å². The fourth-order valence-electron chi connectivity index (χ4n) is 2.41. The Morgan fingerprint density at radius 3 is 2.43 bits per heavy atom. The van der Waals surface area contributed by atoms with Crippen molar-refractivity contribution in [2.75, 3.05) is 13.1 Å². The minimum Gasteiger partial charge on any atom is -0.330 e. The molecule has 14 heavy (non-hydrogen) atoms. The number of nitrogens with two attached hydrogens (primary N) is 1. The van der Waals surface area contributed by atoms with Crippen LogP contribution in [0.1, 0.15) is 51.9 Å². The van der Waals surface area contributed by atoms with E-state index in [-0.39, 0.29) is 0 Å². The standard InChI is InChI=1S/C12H26N2/c1-11(14-10-6-9-13)12-7-4-2-3-5-8-12/h11-12,14H,2-10,13H2,1H3/t11-/m1/s1. The summed E-state index contributed by atoms with van der Waals surface area (Å²) in [5.41, 5.74) is 5.48. The fourth-order valence-corrected chi connectivity index (χ4v) is 2.41. The van der Waals surface area contributed by atoms with E-state index in [1.165, 1.54) is 38.5 Å². The Kier molecular flexibility index (Phi) is 6.20. The van der Waals surface area contributed by atoms with Gasteiger partial charge in [-0.05, 0) is 45.2 Å². The molecule has 0 aliphatic heterocycles. The molecule has 1 aliphatic carbocycles. The molecule has 0 unspecified atom stereocenters. The van der Waals surface area contributed by atoms with Gasteiger partial charge in [0.1, 0.15) is 0 Å². The van der Waals surface area contributed by atoms with E-state index in [1.807, 2.05) is 0 Å². The minimum absolute atomic E-state index is 0.694. The molecule has 1 fully saturated rings. The van der Waals surface area contributed by atoms with Crippen LogP contribution in [0.2, 0.25) is 0 Å². The Balaban J connectivity index is 2.16. The van der Waals surface area contributed by atoms with Gasteiger partial charge >= 0.3 is 0 Å². The summed E-state index contributed by atoms with van der Waals surface area (Å²) in [6.07, 6.45) is 9.74. The first-order valence-electron chi connectivity index (χ1n) is 6.28. The highest BCUT2D eigenvalue weighted by atomic mass is 14.9. The van der Waals surface area contributed by atoms with E-state index in [0.717, 1.165) is 25.4 Å². The zero-order chi connectivity index (χ0) is 10.2. The van der Waals surface area contributed by atoms with Gasteiger partial charge in [-0.2, -0.15) is 0 Å². The van der Waals surface area contributed by atoms with Crippen LogP contribution >= 0.6 is 0 Å². The summed E-state index contributed by atoms with van der Waals surface area (Å²) >= 11 is 0. The first-order valence-corrected chi connectivity index (χ1v) is 6.28. The predicted octanol–water partition coefficient (Wildman–Crippen LogP) is 2.28. The maximum absolute atomic E-state index is 5.48. The molecule has 0 aromatic rings. The molecule has 1 rings (SSSR count). The largest absolute Gasteiger partial charge is 0.330 e. The number of hydrogen-bond donors (Lipinski definition) is 2.